The fourth-order valence-corrected chi connectivity index (χ4v) is 4.86. The maximum Gasteiger partial charge on any atom is 0.251 e. The Morgan fingerprint density at radius 3 is 2.77 bits per heavy atom. The zero-order chi connectivity index (χ0) is 21.4. The Morgan fingerprint density at radius 2 is 2.03 bits per heavy atom. The van der Waals surface area contributed by atoms with Crippen LogP contribution in [0.1, 0.15) is 41.2 Å². The molecule has 31 heavy (non-hydrogen) atoms. The third kappa shape index (κ3) is 3.92. The van der Waals surface area contributed by atoms with Crippen molar-refractivity contribution in [2.75, 3.05) is 18.5 Å². The fraction of sp³-hybridized carbons (Fsp3) is 0.476. The first-order valence-corrected chi connectivity index (χ1v) is 11.4. The molecule has 10 heteroatoms. The van der Waals surface area contributed by atoms with Crippen LogP contribution in [0.5, 0.6) is 0 Å². The normalized spacial score (nSPS) is 15.1. The second-order valence-corrected chi connectivity index (χ2v) is 8.98. The Kier molecular flexibility index (Phi) is 5.41. The molecule has 4 aromatic heterocycles. The number of hydrogen-bond acceptors (Lipinski definition) is 9. The molecule has 0 aliphatic carbocycles. The molecule has 1 aliphatic heterocycles. The first kappa shape index (κ1) is 20.1. The minimum absolute atomic E-state index is 0.313. The van der Waals surface area contributed by atoms with E-state index in [-0.39, 0.29) is 0 Å². The average Bonchev–Trinajstić information content (AvgIpc) is 3.48. The van der Waals surface area contributed by atoms with E-state index in [0.29, 0.717) is 24.2 Å². The topological polar surface area (TPSA) is 104 Å². The Balaban J connectivity index is 1.52. The summed E-state index contributed by atoms with van der Waals surface area (Å²) in [5.74, 6) is 1.03. The lowest BCUT2D eigenvalue weighted by molar-refractivity contribution is 0.0905. The summed E-state index contributed by atoms with van der Waals surface area (Å²) in [4.78, 5) is 10.3. The van der Waals surface area contributed by atoms with Gasteiger partial charge in [0, 0.05) is 36.9 Å². The summed E-state index contributed by atoms with van der Waals surface area (Å²) >= 11 is 1.66. The van der Waals surface area contributed by atoms with Crippen LogP contribution in [0, 0.1) is 13.8 Å². The van der Waals surface area contributed by atoms with Gasteiger partial charge in [0.05, 0.1) is 40.0 Å². The predicted octanol–water partition coefficient (Wildman–Crippen LogP) is 3.76. The molecule has 0 aromatic carbocycles. The SMILES string of the molecule is CCn1ncc2c(NC3CCOCC3)c(-c3nnc(Cc4sc(C)nc4C)o3)cnc21. The zero-order valence-corrected chi connectivity index (χ0v) is 18.7. The molecule has 1 aliphatic rings. The first-order valence-electron chi connectivity index (χ1n) is 10.6. The maximum atomic E-state index is 6.07. The molecular formula is C21H25N7O2S. The predicted molar refractivity (Wildman–Crippen MR) is 118 cm³/mol. The molecule has 0 spiro atoms. The van der Waals surface area contributed by atoms with Gasteiger partial charge < -0.3 is 14.5 Å². The van der Waals surface area contributed by atoms with Crippen molar-refractivity contribution in [2.24, 2.45) is 0 Å². The van der Waals surface area contributed by atoms with E-state index in [1.807, 2.05) is 24.7 Å². The molecule has 0 bridgehead atoms. The molecular weight excluding hydrogens is 414 g/mol. The smallest absolute Gasteiger partial charge is 0.251 e. The van der Waals surface area contributed by atoms with Gasteiger partial charge in [0.1, 0.15) is 0 Å². The Morgan fingerprint density at radius 1 is 1.19 bits per heavy atom. The Hall–Kier alpha value is -2.85. The van der Waals surface area contributed by atoms with Gasteiger partial charge in [-0.25, -0.2) is 14.6 Å². The average molecular weight is 440 g/mol. The van der Waals surface area contributed by atoms with Gasteiger partial charge in [-0.15, -0.1) is 21.5 Å². The summed E-state index contributed by atoms with van der Waals surface area (Å²) in [5, 5.41) is 18.8. The third-order valence-electron chi connectivity index (χ3n) is 5.54. The van der Waals surface area contributed by atoms with Crippen molar-refractivity contribution < 1.29 is 9.15 Å². The van der Waals surface area contributed by atoms with Crippen molar-refractivity contribution in [3.63, 3.8) is 0 Å². The van der Waals surface area contributed by atoms with Crippen LogP contribution in [-0.2, 0) is 17.7 Å². The van der Waals surface area contributed by atoms with Crippen LogP contribution in [0.4, 0.5) is 5.69 Å². The molecule has 0 saturated carbocycles. The highest BCUT2D eigenvalue weighted by Gasteiger charge is 2.22. The van der Waals surface area contributed by atoms with Crippen LogP contribution in [0.15, 0.2) is 16.8 Å². The molecule has 162 valence electrons. The number of nitrogens with one attached hydrogen (secondary N) is 1. The number of pyridine rings is 1. The largest absolute Gasteiger partial charge is 0.420 e. The van der Waals surface area contributed by atoms with Crippen LogP contribution >= 0.6 is 11.3 Å². The minimum atomic E-state index is 0.313. The quantitative estimate of drug-likeness (QED) is 0.484. The van der Waals surface area contributed by atoms with Gasteiger partial charge in [0.15, 0.2) is 5.65 Å². The van der Waals surface area contributed by atoms with Crippen LogP contribution in [0.25, 0.3) is 22.5 Å². The highest BCUT2D eigenvalue weighted by molar-refractivity contribution is 7.11. The van der Waals surface area contributed by atoms with Gasteiger partial charge in [-0.05, 0) is 33.6 Å². The summed E-state index contributed by atoms with van der Waals surface area (Å²) in [6.45, 7) is 8.34. The molecule has 0 unspecified atom stereocenters. The molecule has 0 amide bonds. The van der Waals surface area contributed by atoms with E-state index in [0.717, 1.165) is 70.5 Å². The van der Waals surface area contributed by atoms with Crippen LogP contribution in [0.3, 0.4) is 0 Å². The van der Waals surface area contributed by atoms with Gasteiger partial charge >= 0.3 is 0 Å². The van der Waals surface area contributed by atoms with E-state index in [9.17, 15) is 0 Å². The van der Waals surface area contributed by atoms with Crippen molar-refractivity contribution in [1.29, 1.82) is 0 Å². The van der Waals surface area contributed by atoms with E-state index in [1.54, 1.807) is 17.5 Å². The standard InChI is InChI=1S/C21H25N7O2S/c1-4-28-20-15(11-23-28)19(25-14-5-7-29-8-6-14)16(10-22-20)21-27-26-18(30-21)9-17-12(2)24-13(3)31-17/h10-11,14H,4-9H2,1-3H3,(H,22,25). The Bertz CT molecular complexity index is 1210. The second-order valence-electron chi connectivity index (χ2n) is 7.69. The lowest BCUT2D eigenvalue weighted by atomic mass is 10.1. The minimum Gasteiger partial charge on any atom is -0.420 e. The zero-order valence-electron chi connectivity index (χ0n) is 17.9. The summed E-state index contributed by atoms with van der Waals surface area (Å²) < 4.78 is 13.5. The van der Waals surface area contributed by atoms with Gasteiger partial charge in [0.2, 0.25) is 5.89 Å². The van der Waals surface area contributed by atoms with Crippen molar-refractivity contribution in [1.82, 2.24) is 29.9 Å². The van der Waals surface area contributed by atoms with E-state index >= 15 is 0 Å². The number of hydrogen-bond donors (Lipinski definition) is 1. The van der Waals surface area contributed by atoms with E-state index in [4.69, 9.17) is 9.15 Å². The lowest BCUT2D eigenvalue weighted by Gasteiger charge is -2.25. The number of aryl methyl sites for hydroxylation is 3. The van der Waals surface area contributed by atoms with Gasteiger partial charge in [0.25, 0.3) is 5.89 Å². The number of ether oxygens (including phenoxy) is 1. The monoisotopic (exact) mass is 439 g/mol. The number of fused-ring (bicyclic) bond motifs is 1. The highest BCUT2D eigenvalue weighted by Crippen LogP contribution is 2.34. The Labute approximate surface area is 183 Å². The summed E-state index contributed by atoms with van der Waals surface area (Å²) in [6.07, 6.45) is 6.14. The summed E-state index contributed by atoms with van der Waals surface area (Å²) in [6, 6.07) is 0.313. The van der Waals surface area contributed by atoms with Crippen LogP contribution in [0.2, 0.25) is 0 Å². The van der Waals surface area contributed by atoms with Crippen molar-refractivity contribution >= 4 is 28.1 Å². The highest BCUT2D eigenvalue weighted by atomic mass is 32.1. The molecule has 1 saturated heterocycles. The van der Waals surface area contributed by atoms with Crippen LogP contribution < -0.4 is 5.32 Å². The van der Waals surface area contributed by atoms with Gasteiger partial charge in [-0.2, -0.15) is 5.10 Å². The molecule has 5 rings (SSSR count). The van der Waals surface area contributed by atoms with E-state index in [2.05, 4.69) is 37.5 Å². The molecule has 4 aromatic rings. The molecule has 1 N–H and O–H groups in total. The second kappa shape index (κ2) is 8.35. The van der Waals surface area contributed by atoms with E-state index in [1.165, 1.54) is 0 Å². The number of rotatable bonds is 6. The molecule has 5 heterocycles. The van der Waals surface area contributed by atoms with E-state index < -0.39 is 0 Å². The van der Waals surface area contributed by atoms with Crippen LogP contribution in [-0.4, -0.2) is 49.2 Å². The third-order valence-corrected chi connectivity index (χ3v) is 6.62. The molecule has 9 nitrogen and oxygen atoms in total. The summed E-state index contributed by atoms with van der Waals surface area (Å²) in [7, 11) is 0. The van der Waals surface area contributed by atoms with Gasteiger partial charge in [-0.3, -0.25) is 0 Å². The maximum absolute atomic E-state index is 6.07. The number of nitrogens with zero attached hydrogens (tertiary/aromatic N) is 6. The number of aromatic nitrogens is 6. The molecule has 0 radical (unpaired) electrons. The number of thiazole rings is 1. The van der Waals surface area contributed by atoms with Crippen molar-refractivity contribution in [3.8, 4) is 11.5 Å². The fourth-order valence-electron chi connectivity index (χ4n) is 3.93. The lowest BCUT2D eigenvalue weighted by Crippen LogP contribution is -2.28. The molecule has 1 fully saturated rings. The first-order chi connectivity index (χ1) is 15.1. The summed E-state index contributed by atoms with van der Waals surface area (Å²) in [5.41, 5.74) is 3.60. The number of anilines is 1. The van der Waals surface area contributed by atoms with Crippen molar-refractivity contribution in [2.45, 2.75) is 52.6 Å². The molecule has 0 atom stereocenters. The van der Waals surface area contributed by atoms with Gasteiger partial charge in [-0.1, -0.05) is 0 Å². The van der Waals surface area contributed by atoms with Crippen molar-refractivity contribution in [3.05, 3.63) is 33.9 Å².